The van der Waals surface area contributed by atoms with Crippen molar-refractivity contribution in [1.29, 1.82) is 0 Å². The minimum absolute atomic E-state index is 0.123. The predicted octanol–water partition coefficient (Wildman–Crippen LogP) is 6.46. The van der Waals surface area contributed by atoms with Crippen LogP contribution in [0.4, 0.5) is 11.4 Å². The van der Waals surface area contributed by atoms with Crippen molar-refractivity contribution < 1.29 is 9.53 Å². The number of ketones is 1. The summed E-state index contributed by atoms with van der Waals surface area (Å²) < 4.78 is 5.24. The van der Waals surface area contributed by atoms with Crippen molar-refractivity contribution >= 4 is 17.2 Å². The van der Waals surface area contributed by atoms with Gasteiger partial charge in [-0.3, -0.25) is 4.79 Å². The van der Waals surface area contributed by atoms with Crippen molar-refractivity contribution in [2.75, 3.05) is 24.4 Å². The number of carbonyl (C=O) groups is 1. The summed E-state index contributed by atoms with van der Waals surface area (Å²) in [7, 11) is 1.62. The van der Waals surface area contributed by atoms with Gasteiger partial charge in [0.2, 0.25) is 0 Å². The van der Waals surface area contributed by atoms with Gasteiger partial charge < -0.3 is 15.5 Å². The fourth-order valence-corrected chi connectivity index (χ4v) is 8.90. The lowest BCUT2D eigenvalue weighted by Gasteiger charge is -2.56. The second-order valence-corrected chi connectivity index (χ2v) is 12.0. The smallest absolute Gasteiger partial charge is 0.157 e. The molecule has 5 rings (SSSR count). The maximum absolute atomic E-state index is 13.6. The Morgan fingerprint density at radius 1 is 1.06 bits per heavy atom. The normalized spacial score (nSPS) is 37.7. The third kappa shape index (κ3) is 4.82. The van der Waals surface area contributed by atoms with Crippen LogP contribution in [0.25, 0.3) is 0 Å². The van der Waals surface area contributed by atoms with Crippen LogP contribution in [0.15, 0.2) is 18.2 Å². The number of hydrogen-bond donors (Lipinski definition) is 2. The van der Waals surface area contributed by atoms with Gasteiger partial charge in [0.25, 0.3) is 0 Å². The van der Waals surface area contributed by atoms with E-state index in [1.165, 1.54) is 56.4 Å². The zero-order valence-corrected chi connectivity index (χ0v) is 22.8. The first-order valence-corrected chi connectivity index (χ1v) is 14.3. The van der Waals surface area contributed by atoms with Crippen LogP contribution >= 0.6 is 0 Å². The van der Waals surface area contributed by atoms with Gasteiger partial charge in [0.1, 0.15) is 5.75 Å². The number of nitrogens with zero attached hydrogens (tertiary/aromatic N) is 1. The van der Waals surface area contributed by atoms with Gasteiger partial charge in [-0.1, -0.05) is 34.1 Å². The molecular formula is C30H49N3O2. The molecule has 0 aromatic heterocycles. The van der Waals surface area contributed by atoms with E-state index in [4.69, 9.17) is 16.3 Å². The minimum atomic E-state index is 0.123. The Labute approximate surface area is 213 Å². The van der Waals surface area contributed by atoms with Crippen LogP contribution in [0, 0.1) is 46.8 Å². The van der Waals surface area contributed by atoms with E-state index in [-0.39, 0.29) is 23.7 Å². The molecule has 4 aliphatic rings. The average Bonchev–Trinajstić information content (AvgIpc) is 3.22. The number of nitrogens with two attached hydrogens (primary N) is 2. The zero-order valence-electron chi connectivity index (χ0n) is 22.8. The number of benzene rings is 1. The number of methoxy groups -OCH3 is 1. The number of ether oxygens (including phenoxy) is 1. The monoisotopic (exact) mass is 483 g/mol. The molecule has 0 radical (unpaired) electrons. The van der Waals surface area contributed by atoms with E-state index < -0.39 is 0 Å². The van der Waals surface area contributed by atoms with Gasteiger partial charge in [-0.25, -0.2) is 5.84 Å². The Kier molecular flexibility index (Phi) is 8.05. The van der Waals surface area contributed by atoms with Crippen LogP contribution in [0.5, 0.6) is 5.75 Å². The Balaban J connectivity index is 0.00000141. The van der Waals surface area contributed by atoms with E-state index in [0.29, 0.717) is 23.0 Å². The van der Waals surface area contributed by atoms with Gasteiger partial charge in [-0.2, -0.15) is 0 Å². The molecule has 4 fully saturated rings. The van der Waals surface area contributed by atoms with Gasteiger partial charge in [0.15, 0.2) is 5.78 Å². The molecule has 0 amide bonds. The molecular weight excluding hydrogens is 434 g/mol. The second kappa shape index (κ2) is 10.7. The summed E-state index contributed by atoms with van der Waals surface area (Å²) in [5.41, 5.74) is 7.55. The third-order valence-corrected chi connectivity index (χ3v) is 10.5. The molecule has 4 saturated carbocycles. The summed E-state index contributed by atoms with van der Waals surface area (Å²) in [4.78, 5) is 13.6. The van der Waals surface area contributed by atoms with Crippen molar-refractivity contribution in [1.82, 2.24) is 0 Å². The first kappa shape index (κ1) is 26.3. The molecule has 1 aromatic rings. The molecule has 4 aliphatic carbocycles. The molecule has 35 heavy (non-hydrogen) atoms. The molecule has 196 valence electrons. The van der Waals surface area contributed by atoms with Crippen molar-refractivity contribution in [2.45, 2.75) is 85.5 Å². The summed E-state index contributed by atoms with van der Waals surface area (Å²) in [6.45, 7) is 9.11. The maximum Gasteiger partial charge on any atom is 0.157 e. The highest BCUT2D eigenvalue weighted by molar-refractivity contribution is 5.87. The molecule has 4 N–H and O–H groups in total. The summed E-state index contributed by atoms with van der Waals surface area (Å²) >= 11 is 0. The molecule has 0 aliphatic heterocycles. The first-order chi connectivity index (χ1) is 16.8. The summed E-state index contributed by atoms with van der Waals surface area (Å²) in [6.07, 6.45) is 11.9. The van der Waals surface area contributed by atoms with Gasteiger partial charge in [0, 0.05) is 12.0 Å². The molecule has 8 unspecified atom stereocenters. The number of fused-ring (bicyclic) bond motifs is 5. The van der Waals surface area contributed by atoms with Crippen molar-refractivity contribution in [3.63, 3.8) is 0 Å². The fraction of sp³-hybridized carbons (Fsp3) is 0.767. The molecule has 5 heteroatoms. The number of anilines is 2. The molecule has 1 aromatic carbocycles. The number of hydrazine groups is 1. The zero-order chi connectivity index (χ0) is 25.3. The van der Waals surface area contributed by atoms with E-state index in [0.717, 1.165) is 36.0 Å². The Bertz CT molecular complexity index is 888. The summed E-state index contributed by atoms with van der Waals surface area (Å²) in [5, 5.41) is 1.54. The van der Waals surface area contributed by atoms with E-state index in [1.54, 1.807) is 13.2 Å². The van der Waals surface area contributed by atoms with Crippen LogP contribution < -0.4 is 21.3 Å². The second-order valence-electron chi connectivity index (χ2n) is 12.0. The standard InChI is InChI=1S/C28H43N3O2.C2H6/c1-17-4-7-20-18(14-17)5-8-22-21(20)12-13-28(2)23(22)9-10-24(28)27(32)16-31(30)26-11-6-19(33-3)15-25(26)29;1-2/h6,11,15,17-18,20-24H,4-5,7-10,12-14,16,29-30H2,1-3H3;1-2H3. The molecule has 0 saturated heterocycles. The summed E-state index contributed by atoms with van der Waals surface area (Å²) in [6, 6.07) is 5.44. The van der Waals surface area contributed by atoms with Crippen LogP contribution in [0.3, 0.4) is 0 Å². The van der Waals surface area contributed by atoms with E-state index >= 15 is 0 Å². The minimum Gasteiger partial charge on any atom is -0.497 e. The van der Waals surface area contributed by atoms with E-state index in [2.05, 4.69) is 13.8 Å². The lowest BCUT2D eigenvalue weighted by atomic mass is 9.49. The number of nitrogen functional groups attached to an aromatic ring is 1. The Morgan fingerprint density at radius 2 is 1.80 bits per heavy atom. The summed E-state index contributed by atoms with van der Waals surface area (Å²) in [5.74, 6) is 12.8. The molecule has 0 bridgehead atoms. The largest absolute Gasteiger partial charge is 0.497 e. The maximum atomic E-state index is 13.6. The number of hydrogen-bond acceptors (Lipinski definition) is 5. The van der Waals surface area contributed by atoms with Gasteiger partial charge >= 0.3 is 0 Å². The molecule has 0 heterocycles. The number of Topliss-reactive ketones (excluding diaryl/α,β-unsaturated/α-hetero) is 1. The highest BCUT2D eigenvalue weighted by Gasteiger charge is 2.58. The quantitative estimate of drug-likeness (QED) is 0.285. The lowest BCUT2D eigenvalue weighted by Crippen LogP contribution is -2.50. The van der Waals surface area contributed by atoms with Crippen molar-refractivity contribution in [3.05, 3.63) is 18.2 Å². The highest BCUT2D eigenvalue weighted by atomic mass is 16.5. The average molecular weight is 484 g/mol. The van der Waals surface area contributed by atoms with Gasteiger partial charge in [-0.15, -0.1) is 0 Å². The van der Waals surface area contributed by atoms with Crippen LogP contribution in [-0.2, 0) is 4.79 Å². The fourth-order valence-electron chi connectivity index (χ4n) is 8.90. The van der Waals surface area contributed by atoms with Crippen molar-refractivity contribution in [2.24, 2.45) is 52.7 Å². The van der Waals surface area contributed by atoms with Crippen LogP contribution in [0.1, 0.15) is 85.5 Å². The highest BCUT2D eigenvalue weighted by Crippen LogP contribution is 2.64. The van der Waals surface area contributed by atoms with E-state index in [1.807, 2.05) is 26.0 Å². The molecule has 5 nitrogen and oxygen atoms in total. The van der Waals surface area contributed by atoms with Crippen LogP contribution in [-0.4, -0.2) is 19.4 Å². The molecule has 8 atom stereocenters. The van der Waals surface area contributed by atoms with Gasteiger partial charge in [-0.05, 0) is 104 Å². The molecule has 0 spiro atoms. The van der Waals surface area contributed by atoms with E-state index in [9.17, 15) is 4.79 Å². The lowest BCUT2D eigenvalue weighted by molar-refractivity contribution is -0.129. The SMILES string of the molecule is CC.COc1ccc(N(N)CC(=O)C2CCC3C4CCC5CC(C)CCC5C4CCC23C)c(N)c1. The Morgan fingerprint density at radius 3 is 2.51 bits per heavy atom. The third-order valence-electron chi connectivity index (χ3n) is 10.5. The number of rotatable bonds is 5. The Hall–Kier alpha value is -1.75. The van der Waals surface area contributed by atoms with Crippen molar-refractivity contribution in [3.8, 4) is 5.75 Å². The van der Waals surface area contributed by atoms with Crippen LogP contribution in [0.2, 0.25) is 0 Å². The van der Waals surface area contributed by atoms with Gasteiger partial charge in [0.05, 0.1) is 25.0 Å². The topological polar surface area (TPSA) is 81.6 Å². The predicted molar refractivity (Wildman–Crippen MR) is 145 cm³/mol. The first-order valence-electron chi connectivity index (χ1n) is 14.3. The number of carbonyl (C=O) groups excluding carboxylic acids is 1.